The van der Waals surface area contributed by atoms with Crippen LogP contribution in [0.1, 0.15) is 23.1 Å². The monoisotopic (exact) mass is 548 g/mol. The molecule has 4 rings (SSSR count). The van der Waals surface area contributed by atoms with Gasteiger partial charge in [0.25, 0.3) is 5.91 Å². The number of fused-ring (bicyclic) bond motifs is 1. The standard InChI is InChI=1S/C29H32N4O3S2/c1-19-9-13-21(14-10-19)30-25(34)17-29(32-28(36)31-22-15-11-20(2)12-16-22)23-7-5-6-8-24(23)33(27(29)35)18-26(37-3)38-4/h5-16,26H,17-18H2,1-4H3,(H,30,34)(H2,31,32,36). The number of hydrogen-bond donors (Lipinski definition) is 3. The van der Waals surface area contributed by atoms with E-state index >= 15 is 0 Å². The average Bonchev–Trinajstić information content (AvgIpc) is 3.12. The van der Waals surface area contributed by atoms with Crippen LogP contribution in [0.5, 0.6) is 0 Å². The molecule has 0 saturated carbocycles. The number of urea groups is 1. The molecule has 1 atom stereocenters. The van der Waals surface area contributed by atoms with Crippen LogP contribution in [0.3, 0.4) is 0 Å². The first-order valence-electron chi connectivity index (χ1n) is 12.2. The second-order valence-corrected chi connectivity index (χ2v) is 11.7. The summed E-state index contributed by atoms with van der Waals surface area (Å²) in [6, 6.07) is 21.6. The molecule has 0 radical (unpaired) electrons. The molecule has 1 aliphatic heterocycles. The highest BCUT2D eigenvalue weighted by molar-refractivity contribution is 8.16. The van der Waals surface area contributed by atoms with Gasteiger partial charge >= 0.3 is 6.03 Å². The molecular formula is C29H32N4O3S2. The molecule has 0 fully saturated rings. The number of carbonyl (C=O) groups is 3. The number of nitrogens with one attached hydrogen (secondary N) is 3. The van der Waals surface area contributed by atoms with E-state index in [0.29, 0.717) is 29.2 Å². The maximum atomic E-state index is 14.2. The highest BCUT2D eigenvalue weighted by Crippen LogP contribution is 2.43. The van der Waals surface area contributed by atoms with Crippen molar-refractivity contribution in [2.75, 3.05) is 34.6 Å². The summed E-state index contributed by atoms with van der Waals surface area (Å²) in [5.74, 6) is -0.703. The van der Waals surface area contributed by atoms with Gasteiger partial charge in [-0.2, -0.15) is 0 Å². The Bertz CT molecular complexity index is 1250. The summed E-state index contributed by atoms with van der Waals surface area (Å²) in [4.78, 5) is 42.6. The molecule has 3 aromatic carbocycles. The lowest BCUT2D eigenvalue weighted by atomic mass is 9.87. The molecule has 4 amide bonds. The largest absolute Gasteiger partial charge is 0.326 e. The summed E-state index contributed by atoms with van der Waals surface area (Å²) in [5, 5.41) is 8.62. The van der Waals surface area contributed by atoms with E-state index in [1.54, 1.807) is 40.6 Å². The van der Waals surface area contributed by atoms with Gasteiger partial charge in [-0.3, -0.25) is 9.59 Å². The smallest absolute Gasteiger partial charge is 0.320 e. The summed E-state index contributed by atoms with van der Waals surface area (Å²) < 4.78 is 0.130. The van der Waals surface area contributed by atoms with Crippen molar-refractivity contribution >= 4 is 58.4 Å². The third-order valence-corrected chi connectivity index (χ3v) is 9.02. The molecule has 0 saturated heterocycles. The minimum Gasteiger partial charge on any atom is -0.326 e. The van der Waals surface area contributed by atoms with Crippen LogP contribution in [0.2, 0.25) is 0 Å². The number of nitrogens with zero attached hydrogens (tertiary/aromatic N) is 1. The first-order chi connectivity index (χ1) is 18.3. The van der Waals surface area contributed by atoms with Crippen molar-refractivity contribution < 1.29 is 14.4 Å². The number of anilines is 3. The van der Waals surface area contributed by atoms with Crippen molar-refractivity contribution in [3.63, 3.8) is 0 Å². The lowest BCUT2D eigenvalue weighted by Crippen LogP contribution is -2.56. The number of para-hydroxylation sites is 1. The highest BCUT2D eigenvalue weighted by Gasteiger charge is 2.53. The first-order valence-corrected chi connectivity index (χ1v) is 14.8. The van der Waals surface area contributed by atoms with E-state index in [0.717, 1.165) is 11.1 Å². The Labute approximate surface area is 232 Å². The third-order valence-electron chi connectivity index (χ3n) is 6.52. The average molecular weight is 549 g/mol. The lowest BCUT2D eigenvalue weighted by Gasteiger charge is -2.30. The van der Waals surface area contributed by atoms with Crippen LogP contribution in [0.25, 0.3) is 0 Å². The molecule has 0 aromatic heterocycles. The number of amides is 4. The van der Waals surface area contributed by atoms with Crippen molar-refractivity contribution in [2.24, 2.45) is 0 Å². The number of benzene rings is 3. The van der Waals surface area contributed by atoms with Gasteiger partial charge in [-0.05, 0) is 56.7 Å². The zero-order chi connectivity index (χ0) is 27.3. The number of thioether (sulfide) groups is 2. The Hall–Kier alpha value is -3.43. The molecule has 1 heterocycles. The second kappa shape index (κ2) is 12.0. The topological polar surface area (TPSA) is 90.5 Å². The van der Waals surface area contributed by atoms with E-state index in [9.17, 15) is 14.4 Å². The van der Waals surface area contributed by atoms with Gasteiger partial charge < -0.3 is 20.9 Å². The quantitative estimate of drug-likeness (QED) is 0.296. The molecule has 1 aliphatic rings. The van der Waals surface area contributed by atoms with Gasteiger partial charge in [-0.25, -0.2) is 4.79 Å². The number of carbonyl (C=O) groups excluding carboxylic acids is 3. The van der Waals surface area contributed by atoms with Crippen LogP contribution in [0, 0.1) is 13.8 Å². The van der Waals surface area contributed by atoms with Gasteiger partial charge in [0.05, 0.1) is 11.0 Å². The summed E-state index contributed by atoms with van der Waals surface area (Å²) in [6.45, 7) is 4.38. The molecular weight excluding hydrogens is 516 g/mol. The molecule has 0 spiro atoms. The molecule has 1 unspecified atom stereocenters. The zero-order valence-corrected chi connectivity index (χ0v) is 23.5. The SMILES string of the molecule is CSC(CN1C(=O)C(CC(=O)Nc2ccc(C)cc2)(NC(=O)Nc2ccc(C)cc2)c2ccccc21)SC. The van der Waals surface area contributed by atoms with E-state index in [1.807, 2.05) is 87.0 Å². The predicted octanol–water partition coefficient (Wildman–Crippen LogP) is 5.75. The number of hydrogen-bond acceptors (Lipinski definition) is 5. The number of rotatable bonds is 9. The van der Waals surface area contributed by atoms with Crippen LogP contribution in [0.4, 0.5) is 21.9 Å². The van der Waals surface area contributed by atoms with E-state index in [2.05, 4.69) is 16.0 Å². The maximum absolute atomic E-state index is 14.2. The van der Waals surface area contributed by atoms with Crippen LogP contribution < -0.4 is 20.9 Å². The van der Waals surface area contributed by atoms with E-state index in [1.165, 1.54) is 0 Å². The van der Waals surface area contributed by atoms with Gasteiger partial charge in [-0.15, -0.1) is 23.5 Å². The third kappa shape index (κ3) is 6.00. The van der Waals surface area contributed by atoms with Gasteiger partial charge in [0.1, 0.15) is 0 Å². The maximum Gasteiger partial charge on any atom is 0.320 e. The number of aryl methyl sites for hydroxylation is 2. The summed E-state index contributed by atoms with van der Waals surface area (Å²) in [7, 11) is 0. The normalized spacial score (nSPS) is 16.3. The Kier molecular flexibility index (Phi) is 8.69. The van der Waals surface area contributed by atoms with Crippen LogP contribution in [-0.4, -0.2) is 41.5 Å². The summed E-state index contributed by atoms with van der Waals surface area (Å²) in [6.07, 6.45) is 3.75. The summed E-state index contributed by atoms with van der Waals surface area (Å²) >= 11 is 3.31. The lowest BCUT2D eigenvalue weighted by molar-refractivity contribution is -0.128. The Balaban J connectivity index is 1.69. The molecule has 0 aliphatic carbocycles. The fraction of sp³-hybridized carbons (Fsp3) is 0.276. The van der Waals surface area contributed by atoms with Crippen LogP contribution in [-0.2, 0) is 15.1 Å². The Morgan fingerprint density at radius 3 is 1.97 bits per heavy atom. The van der Waals surface area contributed by atoms with Gasteiger partial charge in [-0.1, -0.05) is 53.6 Å². The zero-order valence-electron chi connectivity index (χ0n) is 21.9. The van der Waals surface area contributed by atoms with Gasteiger partial charge in [0.2, 0.25) is 5.91 Å². The van der Waals surface area contributed by atoms with Gasteiger partial charge in [0, 0.05) is 29.2 Å². The fourth-order valence-corrected chi connectivity index (χ4v) is 5.88. The summed E-state index contributed by atoms with van der Waals surface area (Å²) in [5.41, 5.74) is 3.08. The van der Waals surface area contributed by atoms with E-state index in [4.69, 9.17) is 0 Å². The van der Waals surface area contributed by atoms with Crippen molar-refractivity contribution in [1.29, 1.82) is 0 Å². The first kappa shape index (κ1) is 27.6. The Morgan fingerprint density at radius 1 is 0.842 bits per heavy atom. The molecule has 7 nitrogen and oxygen atoms in total. The van der Waals surface area contributed by atoms with Crippen molar-refractivity contribution in [3.05, 3.63) is 89.5 Å². The van der Waals surface area contributed by atoms with Crippen molar-refractivity contribution in [2.45, 2.75) is 30.4 Å². The fourth-order valence-electron chi connectivity index (χ4n) is 4.51. The predicted molar refractivity (Wildman–Crippen MR) is 159 cm³/mol. The molecule has 38 heavy (non-hydrogen) atoms. The van der Waals surface area contributed by atoms with Crippen molar-refractivity contribution in [3.8, 4) is 0 Å². The molecule has 9 heteroatoms. The Morgan fingerprint density at radius 2 is 1.39 bits per heavy atom. The minimum absolute atomic E-state index is 0.130. The van der Waals surface area contributed by atoms with Crippen LogP contribution in [0.15, 0.2) is 72.8 Å². The molecule has 3 N–H and O–H groups in total. The molecule has 0 bridgehead atoms. The van der Waals surface area contributed by atoms with E-state index in [-0.39, 0.29) is 22.8 Å². The molecule has 3 aromatic rings. The molecule has 198 valence electrons. The van der Waals surface area contributed by atoms with E-state index < -0.39 is 11.6 Å². The van der Waals surface area contributed by atoms with Crippen molar-refractivity contribution in [1.82, 2.24) is 5.32 Å². The van der Waals surface area contributed by atoms with Crippen LogP contribution >= 0.6 is 23.5 Å². The minimum atomic E-state index is -1.57. The second-order valence-electron chi connectivity index (χ2n) is 9.28. The highest BCUT2D eigenvalue weighted by atomic mass is 32.2. The van der Waals surface area contributed by atoms with Gasteiger partial charge in [0.15, 0.2) is 5.54 Å².